The monoisotopic (exact) mass is 258 g/mol. The molecule has 0 unspecified atom stereocenters. The average Bonchev–Trinajstić information content (AvgIpc) is 2.55. The molecule has 0 aliphatic carbocycles. The van der Waals surface area contributed by atoms with Gasteiger partial charge < -0.3 is 5.32 Å². The van der Waals surface area contributed by atoms with Crippen LogP contribution in [0.15, 0.2) is 12.3 Å². The van der Waals surface area contributed by atoms with Crippen molar-refractivity contribution in [2.45, 2.75) is 32.9 Å². The molecule has 0 spiro atoms. The van der Waals surface area contributed by atoms with Gasteiger partial charge in [0.2, 0.25) is 0 Å². The van der Waals surface area contributed by atoms with E-state index in [1.165, 1.54) is 18.7 Å². The fraction of sp³-hybridized carbons (Fsp3) is 0.750. The first-order valence-corrected chi connectivity index (χ1v) is 6.23. The zero-order valence-electron chi connectivity index (χ0n) is 10.7. The van der Waals surface area contributed by atoms with Gasteiger partial charge in [-0.15, -0.1) is 12.4 Å². The lowest BCUT2D eigenvalue weighted by atomic mass is 10.3. The minimum absolute atomic E-state index is 0. The van der Waals surface area contributed by atoms with Gasteiger partial charge in [-0.3, -0.25) is 9.58 Å². The maximum Gasteiger partial charge on any atom is 0.0527 e. The molecule has 98 valence electrons. The van der Waals surface area contributed by atoms with Crippen molar-refractivity contribution >= 4 is 12.4 Å². The van der Waals surface area contributed by atoms with E-state index < -0.39 is 0 Å². The van der Waals surface area contributed by atoms with Crippen LogP contribution >= 0.6 is 12.4 Å². The van der Waals surface area contributed by atoms with Gasteiger partial charge in [-0.2, -0.15) is 5.10 Å². The summed E-state index contributed by atoms with van der Waals surface area (Å²) in [5.74, 6) is 0. The molecule has 0 atom stereocenters. The molecule has 1 aliphatic rings. The van der Waals surface area contributed by atoms with Gasteiger partial charge in [0.25, 0.3) is 0 Å². The van der Waals surface area contributed by atoms with Crippen molar-refractivity contribution in [1.29, 1.82) is 0 Å². The van der Waals surface area contributed by atoms with Gasteiger partial charge in [0.15, 0.2) is 0 Å². The van der Waals surface area contributed by atoms with Gasteiger partial charge in [-0.1, -0.05) is 0 Å². The first-order valence-electron chi connectivity index (χ1n) is 6.23. The van der Waals surface area contributed by atoms with Crippen LogP contribution in [0.25, 0.3) is 0 Å². The van der Waals surface area contributed by atoms with E-state index in [0.29, 0.717) is 6.04 Å². The Morgan fingerprint density at radius 3 is 2.94 bits per heavy atom. The normalized spacial score (nSPS) is 17.8. The molecule has 0 amide bonds. The molecule has 5 heteroatoms. The molecule has 0 aromatic carbocycles. The lowest BCUT2D eigenvalue weighted by Crippen LogP contribution is -2.29. The van der Waals surface area contributed by atoms with Crippen molar-refractivity contribution in [2.24, 2.45) is 0 Å². The Bertz CT molecular complexity index is 316. The maximum atomic E-state index is 4.38. The van der Waals surface area contributed by atoms with Gasteiger partial charge in [-0.05, 0) is 39.4 Å². The van der Waals surface area contributed by atoms with E-state index in [1.807, 2.05) is 6.20 Å². The molecule has 1 fully saturated rings. The number of rotatable bonds is 3. The first kappa shape index (κ1) is 14.5. The van der Waals surface area contributed by atoms with E-state index in [-0.39, 0.29) is 12.4 Å². The Hall–Kier alpha value is -0.580. The Balaban J connectivity index is 0.00000144. The molecule has 0 radical (unpaired) electrons. The lowest BCUT2D eigenvalue weighted by molar-refractivity contribution is 0.272. The SMILES string of the molecule is CC(C)n1nccc1CN1CCCNCC1.Cl. The molecular weight excluding hydrogens is 236 g/mol. The van der Waals surface area contributed by atoms with Crippen LogP contribution in [0.2, 0.25) is 0 Å². The lowest BCUT2D eigenvalue weighted by Gasteiger charge is -2.20. The number of aromatic nitrogens is 2. The molecular formula is C12H23ClN4. The molecule has 1 saturated heterocycles. The minimum atomic E-state index is 0. The molecule has 17 heavy (non-hydrogen) atoms. The largest absolute Gasteiger partial charge is 0.315 e. The summed E-state index contributed by atoms with van der Waals surface area (Å²) in [7, 11) is 0. The Kier molecular flexibility index (Phi) is 5.95. The highest BCUT2D eigenvalue weighted by atomic mass is 35.5. The molecule has 1 N–H and O–H groups in total. The van der Waals surface area contributed by atoms with E-state index >= 15 is 0 Å². The summed E-state index contributed by atoms with van der Waals surface area (Å²) in [5, 5.41) is 7.81. The van der Waals surface area contributed by atoms with Crippen LogP contribution < -0.4 is 5.32 Å². The highest BCUT2D eigenvalue weighted by Gasteiger charge is 2.12. The van der Waals surface area contributed by atoms with Gasteiger partial charge in [0.05, 0.1) is 5.69 Å². The standard InChI is InChI=1S/C12H22N4.ClH/c1-11(2)16-12(4-6-14-16)10-15-8-3-5-13-7-9-15;/h4,6,11,13H,3,5,7-10H2,1-2H3;1H. The summed E-state index contributed by atoms with van der Waals surface area (Å²) in [6.45, 7) is 9.98. The Morgan fingerprint density at radius 2 is 2.18 bits per heavy atom. The van der Waals surface area contributed by atoms with Crippen LogP contribution in [-0.2, 0) is 6.54 Å². The predicted octanol–water partition coefficient (Wildman–Crippen LogP) is 1.68. The first-order chi connectivity index (χ1) is 7.77. The quantitative estimate of drug-likeness (QED) is 0.896. The molecule has 1 aromatic heterocycles. The Labute approximate surface area is 110 Å². The second-order valence-corrected chi connectivity index (χ2v) is 4.74. The van der Waals surface area contributed by atoms with Crippen molar-refractivity contribution in [3.05, 3.63) is 18.0 Å². The van der Waals surface area contributed by atoms with Crippen LogP contribution in [0.3, 0.4) is 0 Å². The summed E-state index contributed by atoms with van der Waals surface area (Å²) in [6, 6.07) is 2.59. The fourth-order valence-corrected chi connectivity index (χ4v) is 2.22. The number of hydrogen-bond donors (Lipinski definition) is 1. The highest BCUT2D eigenvalue weighted by molar-refractivity contribution is 5.85. The second-order valence-electron chi connectivity index (χ2n) is 4.74. The van der Waals surface area contributed by atoms with E-state index in [4.69, 9.17) is 0 Å². The zero-order valence-corrected chi connectivity index (χ0v) is 11.5. The summed E-state index contributed by atoms with van der Waals surface area (Å²) < 4.78 is 2.12. The fourth-order valence-electron chi connectivity index (χ4n) is 2.22. The van der Waals surface area contributed by atoms with Crippen LogP contribution in [0.1, 0.15) is 32.0 Å². The van der Waals surface area contributed by atoms with Crippen molar-refractivity contribution in [3.63, 3.8) is 0 Å². The molecule has 2 rings (SSSR count). The van der Waals surface area contributed by atoms with Gasteiger partial charge in [-0.25, -0.2) is 0 Å². The van der Waals surface area contributed by atoms with Crippen molar-refractivity contribution in [2.75, 3.05) is 26.2 Å². The van der Waals surface area contributed by atoms with Crippen LogP contribution in [0.5, 0.6) is 0 Å². The minimum Gasteiger partial charge on any atom is -0.315 e. The molecule has 1 aliphatic heterocycles. The topological polar surface area (TPSA) is 33.1 Å². The number of hydrogen-bond acceptors (Lipinski definition) is 3. The number of nitrogens with one attached hydrogen (secondary N) is 1. The Morgan fingerprint density at radius 1 is 1.35 bits per heavy atom. The molecule has 2 heterocycles. The summed E-state index contributed by atoms with van der Waals surface area (Å²) in [5.41, 5.74) is 1.33. The summed E-state index contributed by atoms with van der Waals surface area (Å²) in [6.07, 6.45) is 3.15. The molecule has 0 saturated carbocycles. The summed E-state index contributed by atoms with van der Waals surface area (Å²) >= 11 is 0. The van der Waals surface area contributed by atoms with Crippen LogP contribution in [0.4, 0.5) is 0 Å². The maximum absolute atomic E-state index is 4.38. The van der Waals surface area contributed by atoms with Gasteiger partial charge in [0.1, 0.15) is 0 Å². The van der Waals surface area contributed by atoms with Crippen molar-refractivity contribution < 1.29 is 0 Å². The highest BCUT2D eigenvalue weighted by Crippen LogP contribution is 2.11. The van der Waals surface area contributed by atoms with E-state index in [0.717, 1.165) is 26.2 Å². The van der Waals surface area contributed by atoms with E-state index in [9.17, 15) is 0 Å². The molecule has 0 bridgehead atoms. The van der Waals surface area contributed by atoms with Crippen LogP contribution in [-0.4, -0.2) is 40.9 Å². The number of halogens is 1. The second kappa shape index (κ2) is 6.99. The predicted molar refractivity (Wildman–Crippen MR) is 72.6 cm³/mol. The van der Waals surface area contributed by atoms with Crippen molar-refractivity contribution in [1.82, 2.24) is 20.0 Å². The third-order valence-electron chi connectivity index (χ3n) is 3.06. The zero-order chi connectivity index (χ0) is 11.4. The smallest absolute Gasteiger partial charge is 0.0527 e. The number of nitrogens with zero attached hydrogens (tertiary/aromatic N) is 3. The average molecular weight is 259 g/mol. The van der Waals surface area contributed by atoms with Gasteiger partial charge in [0, 0.05) is 31.9 Å². The molecule has 4 nitrogen and oxygen atoms in total. The van der Waals surface area contributed by atoms with E-state index in [1.54, 1.807) is 0 Å². The van der Waals surface area contributed by atoms with Crippen molar-refractivity contribution in [3.8, 4) is 0 Å². The third-order valence-corrected chi connectivity index (χ3v) is 3.06. The third kappa shape index (κ3) is 3.98. The van der Waals surface area contributed by atoms with E-state index in [2.05, 4.69) is 39.9 Å². The summed E-state index contributed by atoms with van der Waals surface area (Å²) in [4.78, 5) is 2.51. The van der Waals surface area contributed by atoms with Gasteiger partial charge >= 0.3 is 0 Å². The molecule has 1 aromatic rings. The van der Waals surface area contributed by atoms with Crippen LogP contribution in [0, 0.1) is 0 Å².